The van der Waals surface area contributed by atoms with Crippen LogP contribution in [0.15, 0.2) is 48.5 Å². The molecule has 1 aliphatic heterocycles. The predicted octanol–water partition coefficient (Wildman–Crippen LogP) is 4.29. The molecule has 0 saturated carbocycles. The molecule has 1 saturated heterocycles. The molecule has 27 heavy (non-hydrogen) atoms. The second kappa shape index (κ2) is 9.40. The van der Waals surface area contributed by atoms with E-state index in [1.165, 1.54) is 37.1 Å². The number of piperidine rings is 1. The SMILES string of the molecule is CC[C@H](Oc1ccccc1F)C(=O)NCc1ccc(N2CCCCC2)cc1. The van der Waals surface area contributed by atoms with E-state index in [0.29, 0.717) is 13.0 Å². The Morgan fingerprint density at radius 1 is 1.11 bits per heavy atom. The number of anilines is 1. The van der Waals surface area contributed by atoms with Gasteiger partial charge in [-0.2, -0.15) is 0 Å². The van der Waals surface area contributed by atoms with Crippen molar-refractivity contribution >= 4 is 11.6 Å². The molecule has 2 aromatic carbocycles. The van der Waals surface area contributed by atoms with Crippen LogP contribution in [0.5, 0.6) is 5.75 Å². The van der Waals surface area contributed by atoms with Gasteiger partial charge in [0, 0.05) is 25.3 Å². The van der Waals surface area contributed by atoms with E-state index in [2.05, 4.69) is 22.3 Å². The maximum atomic E-state index is 13.7. The number of nitrogens with one attached hydrogen (secondary N) is 1. The average Bonchev–Trinajstić information content (AvgIpc) is 2.72. The highest BCUT2D eigenvalue weighted by atomic mass is 19.1. The number of halogens is 1. The lowest BCUT2D eigenvalue weighted by Gasteiger charge is -2.28. The molecule has 4 nitrogen and oxygen atoms in total. The number of rotatable bonds is 7. The van der Waals surface area contributed by atoms with Crippen LogP contribution in [0.4, 0.5) is 10.1 Å². The first kappa shape index (κ1) is 19.2. The van der Waals surface area contributed by atoms with Gasteiger partial charge in [-0.25, -0.2) is 4.39 Å². The van der Waals surface area contributed by atoms with Gasteiger partial charge in [-0.3, -0.25) is 4.79 Å². The van der Waals surface area contributed by atoms with Gasteiger partial charge in [0.25, 0.3) is 5.91 Å². The molecule has 1 fully saturated rings. The maximum Gasteiger partial charge on any atom is 0.261 e. The van der Waals surface area contributed by atoms with E-state index >= 15 is 0 Å². The van der Waals surface area contributed by atoms with Crippen molar-refractivity contribution in [3.8, 4) is 5.75 Å². The molecule has 0 spiro atoms. The smallest absolute Gasteiger partial charge is 0.261 e. The number of benzene rings is 2. The van der Waals surface area contributed by atoms with E-state index in [-0.39, 0.29) is 11.7 Å². The van der Waals surface area contributed by atoms with Gasteiger partial charge in [0.2, 0.25) is 0 Å². The predicted molar refractivity (Wildman–Crippen MR) is 105 cm³/mol. The molecule has 1 heterocycles. The van der Waals surface area contributed by atoms with Gasteiger partial charge in [0.1, 0.15) is 0 Å². The summed E-state index contributed by atoms with van der Waals surface area (Å²) in [4.78, 5) is 14.8. The van der Waals surface area contributed by atoms with Crippen LogP contribution in [0.3, 0.4) is 0 Å². The zero-order chi connectivity index (χ0) is 19.1. The minimum Gasteiger partial charge on any atom is -0.478 e. The Labute approximate surface area is 160 Å². The zero-order valence-electron chi connectivity index (χ0n) is 15.8. The van der Waals surface area contributed by atoms with E-state index in [0.717, 1.165) is 18.7 Å². The molecule has 0 aromatic heterocycles. The number of amides is 1. The zero-order valence-corrected chi connectivity index (χ0v) is 15.8. The normalized spacial score (nSPS) is 15.3. The number of para-hydroxylation sites is 1. The van der Waals surface area contributed by atoms with Gasteiger partial charge in [-0.15, -0.1) is 0 Å². The van der Waals surface area contributed by atoms with Gasteiger partial charge in [-0.05, 0) is 55.5 Å². The molecule has 0 bridgehead atoms. The first-order valence-electron chi connectivity index (χ1n) is 9.70. The number of hydrogen-bond donors (Lipinski definition) is 1. The van der Waals surface area contributed by atoms with E-state index in [9.17, 15) is 9.18 Å². The fourth-order valence-corrected chi connectivity index (χ4v) is 3.30. The minimum atomic E-state index is -0.713. The quantitative estimate of drug-likeness (QED) is 0.790. The van der Waals surface area contributed by atoms with Gasteiger partial charge >= 0.3 is 0 Å². The van der Waals surface area contributed by atoms with Crippen LogP contribution in [0, 0.1) is 5.82 Å². The van der Waals surface area contributed by atoms with Gasteiger partial charge in [-0.1, -0.05) is 31.2 Å². The van der Waals surface area contributed by atoms with Crippen molar-refractivity contribution in [1.82, 2.24) is 5.32 Å². The summed E-state index contributed by atoms with van der Waals surface area (Å²) < 4.78 is 19.3. The van der Waals surface area contributed by atoms with Crippen LogP contribution < -0.4 is 15.0 Å². The third kappa shape index (κ3) is 5.22. The number of hydrogen-bond acceptors (Lipinski definition) is 3. The second-order valence-electron chi connectivity index (χ2n) is 6.88. The molecule has 2 aromatic rings. The molecule has 144 valence electrons. The molecule has 5 heteroatoms. The molecule has 1 amide bonds. The van der Waals surface area contributed by atoms with Crippen LogP contribution in [0.2, 0.25) is 0 Å². The van der Waals surface area contributed by atoms with Crippen molar-refractivity contribution in [2.45, 2.75) is 45.3 Å². The van der Waals surface area contributed by atoms with Crippen LogP contribution in [0.25, 0.3) is 0 Å². The summed E-state index contributed by atoms with van der Waals surface area (Å²) in [5.74, 6) is -0.594. The van der Waals surface area contributed by atoms with Crippen molar-refractivity contribution in [3.63, 3.8) is 0 Å². The number of ether oxygens (including phenoxy) is 1. The number of carbonyl (C=O) groups excluding carboxylic acids is 1. The fourth-order valence-electron chi connectivity index (χ4n) is 3.30. The highest BCUT2D eigenvalue weighted by Gasteiger charge is 2.19. The number of nitrogens with zero attached hydrogens (tertiary/aromatic N) is 1. The Morgan fingerprint density at radius 2 is 1.81 bits per heavy atom. The Morgan fingerprint density at radius 3 is 2.48 bits per heavy atom. The lowest BCUT2D eigenvalue weighted by atomic mass is 10.1. The van der Waals surface area contributed by atoms with Gasteiger partial charge in [0.15, 0.2) is 17.7 Å². The third-order valence-corrected chi connectivity index (χ3v) is 4.89. The van der Waals surface area contributed by atoms with Crippen molar-refractivity contribution in [3.05, 3.63) is 59.9 Å². The monoisotopic (exact) mass is 370 g/mol. The van der Waals surface area contributed by atoms with Crippen LogP contribution >= 0.6 is 0 Å². The summed E-state index contributed by atoms with van der Waals surface area (Å²) >= 11 is 0. The summed E-state index contributed by atoms with van der Waals surface area (Å²) in [6.07, 6.45) is 3.56. The van der Waals surface area contributed by atoms with E-state index in [1.807, 2.05) is 19.1 Å². The molecule has 1 aliphatic rings. The van der Waals surface area contributed by atoms with Crippen molar-refractivity contribution in [2.24, 2.45) is 0 Å². The summed E-state index contributed by atoms with van der Waals surface area (Å²) in [6.45, 7) is 4.50. The summed E-state index contributed by atoms with van der Waals surface area (Å²) in [6, 6.07) is 14.4. The molecule has 3 rings (SSSR count). The molecular formula is C22H27FN2O2. The third-order valence-electron chi connectivity index (χ3n) is 4.89. The van der Waals surface area contributed by atoms with E-state index < -0.39 is 11.9 Å². The minimum absolute atomic E-state index is 0.102. The highest BCUT2D eigenvalue weighted by Crippen LogP contribution is 2.21. The first-order valence-corrected chi connectivity index (χ1v) is 9.70. The Balaban J connectivity index is 1.53. The van der Waals surface area contributed by atoms with Gasteiger partial charge in [0.05, 0.1) is 0 Å². The Hall–Kier alpha value is -2.56. The van der Waals surface area contributed by atoms with Crippen LogP contribution in [-0.2, 0) is 11.3 Å². The largest absolute Gasteiger partial charge is 0.478 e. The average molecular weight is 370 g/mol. The van der Waals surface area contributed by atoms with Crippen LogP contribution in [0.1, 0.15) is 38.2 Å². The summed E-state index contributed by atoms with van der Waals surface area (Å²) in [5.41, 5.74) is 2.27. The summed E-state index contributed by atoms with van der Waals surface area (Å²) in [7, 11) is 0. The molecule has 0 unspecified atom stereocenters. The highest BCUT2D eigenvalue weighted by molar-refractivity contribution is 5.81. The fraction of sp³-hybridized carbons (Fsp3) is 0.409. The molecule has 0 aliphatic carbocycles. The van der Waals surface area contributed by atoms with Crippen LogP contribution in [-0.4, -0.2) is 25.1 Å². The standard InChI is InChI=1S/C22H27FN2O2/c1-2-20(27-21-9-5-4-8-19(21)23)22(26)24-16-17-10-12-18(13-11-17)25-14-6-3-7-15-25/h4-5,8-13,20H,2-3,6-7,14-16H2,1H3,(H,24,26)/t20-/m0/s1. The number of carbonyl (C=O) groups is 1. The van der Waals surface area contributed by atoms with Crippen molar-refractivity contribution in [2.75, 3.05) is 18.0 Å². The molecule has 1 atom stereocenters. The first-order chi connectivity index (χ1) is 13.2. The Kier molecular flexibility index (Phi) is 6.69. The maximum absolute atomic E-state index is 13.7. The van der Waals surface area contributed by atoms with Crippen molar-refractivity contribution < 1.29 is 13.9 Å². The Bertz CT molecular complexity index is 742. The molecule has 0 radical (unpaired) electrons. The second-order valence-corrected chi connectivity index (χ2v) is 6.88. The summed E-state index contributed by atoms with van der Waals surface area (Å²) in [5, 5.41) is 2.89. The lowest BCUT2D eigenvalue weighted by Crippen LogP contribution is -2.37. The lowest BCUT2D eigenvalue weighted by molar-refractivity contribution is -0.128. The van der Waals surface area contributed by atoms with E-state index in [1.54, 1.807) is 12.1 Å². The molecular weight excluding hydrogens is 343 g/mol. The van der Waals surface area contributed by atoms with Gasteiger partial charge < -0.3 is 15.0 Å². The topological polar surface area (TPSA) is 41.6 Å². The van der Waals surface area contributed by atoms with Crippen molar-refractivity contribution in [1.29, 1.82) is 0 Å². The molecule has 1 N–H and O–H groups in total. The van der Waals surface area contributed by atoms with E-state index in [4.69, 9.17) is 4.74 Å².